The summed E-state index contributed by atoms with van der Waals surface area (Å²) in [4.78, 5) is 3.95. The summed E-state index contributed by atoms with van der Waals surface area (Å²) in [6.07, 6.45) is 0. The molecule has 4 heteroatoms. The van der Waals surface area contributed by atoms with Crippen LogP contribution in [-0.2, 0) is 0 Å². The van der Waals surface area contributed by atoms with E-state index >= 15 is 0 Å². The average Bonchev–Trinajstić information content (AvgIpc) is 3.57. The molecule has 2 aromatic heterocycles. The lowest BCUT2D eigenvalue weighted by Gasteiger charge is -2.17. The predicted molar refractivity (Wildman–Crippen MR) is 172 cm³/mol. The van der Waals surface area contributed by atoms with Gasteiger partial charge in [-0.1, -0.05) is 78.9 Å². The van der Waals surface area contributed by atoms with Gasteiger partial charge >= 0.3 is 0 Å². The molecule has 0 N–H and O–H groups in total. The van der Waals surface area contributed by atoms with E-state index in [0.717, 1.165) is 55.3 Å². The molecule has 0 aliphatic rings. The van der Waals surface area contributed by atoms with E-state index in [2.05, 4.69) is 123 Å². The summed E-state index contributed by atoms with van der Waals surface area (Å²) in [6.45, 7) is 8.09. The Balaban J connectivity index is 1.46. The minimum absolute atomic E-state index is 0.539. The van der Waals surface area contributed by atoms with Crippen LogP contribution < -0.4 is 0 Å². The lowest BCUT2D eigenvalue weighted by Crippen LogP contribution is -1.99. The molecule has 0 fully saturated rings. The van der Waals surface area contributed by atoms with Crippen molar-refractivity contribution in [1.29, 1.82) is 5.26 Å². The molecule has 0 aliphatic carbocycles. The summed E-state index contributed by atoms with van der Waals surface area (Å²) in [5.74, 6) is 0. The van der Waals surface area contributed by atoms with Gasteiger partial charge in [0.2, 0.25) is 0 Å². The third kappa shape index (κ3) is 3.40. The van der Waals surface area contributed by atoms with Crippen LogP contribution in [0.15, 0.2) is 133 Å². The van der Waals surface area contributed by atoms with E-state index < -0.39 is 0 Å². The van der Waals surface area contributed by atoms with E-state index in [4.69, 9.17) is 6.57 Å². The standard InChI is InChI=1S/C38H22N4/c1-40-33-20-19-26(41-34-14-6-2-10-27(34)28-11-3-7-15-35(28)41)23-31(33)32-22-25(24-39)18-21-38(32)42-36-16-8-4-12-29(36)30-13-5-9-17-37(30)42/h2-23H. The van der Waals surface area contributed by atoms with Gasteiger partial charge in [0, 0.05) is 27.2 Å². The van der Waals surface area contributed by atoms with Crippen LogP contribution in [0.5, 0.6) is 0 Å². The Morgan fingerprint density at radius 1 is 0.524 bits per heavy atom. The smallest absolute Gasteiger partial charge is 0.195 e. The number of hydrogen-bond donors (Lipinski definition) is 0. The Morgan fingerprint density at radius 3 is 1.52 bits per heavy atom. The third-order valence-corrected chi connectivity index (χ3v) is 8.18. The first-order valence-electron chi connectivity index (χ1n) is 13.8. The summed E-state index contributed by atoms with van der Waals surface area (Å²) in [6, 6.07) is 47.7. The monoisotopic (exact) mass is 534 g/mol. The Labute approximate surface area is 242 Å². The number of rotatable bonds is 3. The Kier molecular flexibility index (Phi) is 5.22. The lowest BCUT2D eigenvalue weighted by molar-refractivity contribution is 1.17. The molecular formula is C38H22N4. The maximum atomic E-state index is 9.92. The van der Waals surface area contributed by atoms with Crippen molar-refractivity contribution in [2.75, 3.05) is 0 Å². The fourth-order valence-corrected chi connectivity index (χ4v) is 6.38. The zero-order valence-corrected chi connectivity index (χ0v) is 22.5. The Morgan fingerprint density at radius 2 is 1.02 bits per heavy atom. The minimum Gasteiger partial charge on any atom is -0.309 e. The van der Waals surface area contributed by atoms with Crippen LogP contribution in [0.2, 0.25) is 0 Å². The highest BCUT2D eigenvalue weighted by atomic mass is 15.0. The Hall–Kier alpha value is -6.10. The number of benzene rings is 6. The Bertz CT molecular complexity index is 2340. The van der Waals surface area contributed by atoms with Crippen LogP contribution in [0.25, 0.3) is 71.0 Å². The molecule has 0 bridgehead atoms. The van der Waals surface area contributed by atoms with Crippen molar-refractivity contribution >= 4 is 49.3 Å². The quantitative estimate of drug-likeness (QED) is 0.208. The molecule has 0 saturated carbocycles. The number of nitriles is 1. The summed E-state index contributed by atoms with van der Waals surface area (Å²) < 4.78 is 4.51. The van der Waals surface area contributed by atoms with Crippen LogP contribution in [-0.4, -0.2) is 9.13 Å². The van der Waals surface area contributed by atoms with E-state index in [1.165, 1.54) is 10.8 Å². The van der Waals surface area contributed by atoms with Crippen molar-refractivity contribution in [2.24, 2.45) is 0 Å². The van der Waals surface area contributed by atoms with Crippen molar-refractivity contribution in [3.05, 3.63) is 150 Å². The van der Waals surface area contributed by atoms with Crippen LogP contribution >= 0.6 is 0 Å². The molecule has 8 aromatic rings. The highest BCUT2D eigenvalue weighted by Crippen LogP contribution is 2.41. The molecule has 0 spiro atoms. The van der Waals surface area contributed by atoms with Gasteiger partial charge in [0.05, 0.1) is 46.0 Å². The summed E-state index contributed by atoms with van der Waals surface area (Å²) >= 11 is 0. The molecule has 0 aliphatic heterocycles. The van der Waals surface area contributed by atoms with Gasteiger partial charge in [-0.05, 0) is 65.7 Å². The molecule has 8 rings (SSSR count). The van der Waals surface area contributed by atoms with Crippen molar-refractivity contribution in [1.82, 2.24) is 9.13 Å². The second-order valence-electron chi connectivity index (χ2n) is 10.4. The summed E-state index contributed by atoms with van der Waals surface area (Å²) in [5.41, 5.74) is 8.97. The van der Waals surface area contributed by atoms with E-state index in [1.54, 1.807) is 0 Å². The van der Waals surface area contributed by atoms with Crippen LogP contribution in [0, 0.1) is 17.9 Å². The van der Waals surface area contributed by atoms with Gasteiger partial charge < -0.3 is 9.13 Å². The normalized spacial score (nSPS) is 11.3. The molecule has 0 amide bonds. The third-order valence-electron chi connectivity index (χ3n) is 8.18. The first kappa shape index (κ1) is 23.8. The fraction of sp³-hybridized carbons (Fsp3) is 0. The molecule has 0 saturated heterocycles. The number of para-hydroxylation sites is 4. The largest absolute Gasteiger partial charge is 0.309 e. The van der Waals surface area contributed by atoms with E-state index in [0.29, 0.717) is 11.3 Å². The second kappa shape index (κ2) is 9.24. The first-order chi connectivity index (χ1) is 20.8. The number of hydrogen-bond acceptors (Lipinski definition) is 1. The second-order valence-corrected chi connectivity index (χ2v) is 10.4. The van der Waals surface area contributed by atoms with Crippen molar-refractivity contribution in [3.63, 3.8) is 0 Å². The molecule has 194 valence electrons. The predicted octanol–water partition coefficient (Wildman–Crippen LogP) is 9.97. The van der Waals surface area contributed by atoms with Gasteiger partial charge in [0.15, 0.2) is 5.69 Å². The van der Waals surface area contributed by atoms with Crippen molar-refractivity contribution in [3.8, 4) is 28.6 Å². The van der Waals surface area contributed by atoms with E-state index in [1.807, 2.05) is 30.3 Å². The summed E-state index contributed by atoms with van der Waals surface area (Å²) in [7, 11) is 0. The zero-order chi connectivity index (χ0) is 28.2. The number of fused-ring (bicyclic) bond motifs is 6. The maximum Gasteiger partial charge on any atom is 0.195 e. The first-order valence-corrected chi connectivity index (χ1v) is 13.8. The van der Waals surface area contributed by atoms with Crippen molar-refractivity contribution in [2.45, 2.75) is 0 Å². The van der Waals surface area contributed by atoms with Crippen LogP contribution in [0.3, 0.4) is 0 Å². The lowest BCUT2D eigenvalue weighted by atomic mass is 9.98. The zero-order valence-electron chi connectivity index (χ0n) is 22.5. The molecule has 0 unspecified atom stereocenters. The molecule has 0 atom stereocenters. The molecule has 6 aromatic carbocycles. The molecule has 0 radical (unpaired) electrons. The average molecular weight is 535 g/mol. The molecular weight excluding hydrogens is 512 g/mol. The number of nitrogens with zero attached hydrogens (tertiary/aromatic N) is 4. The van der Waals surface area contributed by atoms with Gasteiger partial charge in [-0.2, -0.15) is 5.26 Å². The summed E-state index contributed by atoms with van der Waals surface area (Å²) in [5, 5.41) is 14.6. The number of aromatic nitrogens is 2. The highest BCUT2D eigenvalue weighted by Gasteiger charge is 2.19. The topological polar surface area (TPSA) is 38.0 Å². The molecule has 42 heavy (non-hydrogen) atoms. The van der Waals surface area contributed by atoms with Gasteiger partial charge in [-0.25, -0.2) is 4.85 Å². The van der Waals surface area contributed by atoms with Crippen LogP contribution in [0.4, 0.5) is 5.69 Å². The van der Waals surface area contributed by atoms with Gasteiger partial charge in [-0.3, -0.25) is 0 Å². The van der Waals surface area contributed by atoms with E-state index in [-0.39, 0.29) is 0 Å². The van der Waals surface area contributed by atoms with Gasteiger partial charge in [-0.15, -0.1) is 0 Å². The highest BCUT2D eigenvalue weighted by molar-refractivity contribution is 6.11. The van der Waals surface area contributed by atoms with Crippen molar-refractivity contribution < 1.29 is 0 Å². The van der Waals surface area contributed by atoms with Crippen LogP contribution in [0.1, 0.15) is 5.56 Å². The van der Waals surface area contributed by atoms with Gasteiger partial charge in [0.1, 0.15) is 0 Å². The minimum atomic E-state index is 0.539. The SMILES string of the molecule is [C-]#[N+]c1ccc(-n2c3ccccc3c3ccccc32)cc1-c1cc(C#N)ccc1-n1c2ccccc2c2ccccc21. The molecule has 4 nitrogen and oxygen atoms in total. The molecule has 2 heterocycles. The fourth-order valence-electron chi connectivity index (χ4n) is 6.38. The van der Waals surface area contributed by atoms with Gasteiger partial charge in [0.25, 0.3) is 0 Å². The van der Waals surface area contributed by atoms with E-state index in [9.17, 15) is 5.26 Å². The maximum absolute atomic E-state index is 9.92.